The Hall–Kier alpha value is -3.41. The van der Waals surface area contributed by atoms with Gasteiger partial charge in [0.15, 0.2) is 0 Å². The predicted octanol–water partition coefficient (Wildman–Crippen LogP) is 4.99. The number of benzene rings is 2. The van der Waals surface area contributed by atoms with Gasteiger partial charge in [-0.25, -0.2) is 9.97 Å². The molecule has 0 atom stereocenters. The molecule has 6 nitrogen and oxygen atoms in total. The van der Waals surface area contributed by atoms with Crippen LogP contribution in [0.1, 0.15) is 29.8 Å². The highest BCUT2D eigenvalue weighted by molar-refractivity contribution is 5.90. The van der Waals surface area contributed by atoms with Gasteiger partial charge in [0.05, 0.1) is 6.61 Å². The summed E-state index contributed by atoms with van der Waals surface area (Å²) in [6.07, 6.45) is 1.00. The zero-order valence-electron chi connectivity index (χ0n) is 16.9. The van der Waals surface area contributed by atoms with Crippen LogP contribution in [0.2, 0.25) is 0 Å². The Morgan fingerprint density at radius 3 is 2.38 bits per heavy atom. The molecular weight excluding hydrogens is 366 g/mol. The van der Waals surface area contributed by atoms with E-state index in [0.29, 0.717) is 36.9 Å². The molecule has 1 N–H and O–H groups in total. The van der Waals surface area contributed by atoms with Gasteiger partial charge >= 0.3 is 6.01 Å². The van der Waals surface area contributed by atoms with E-state index in [1.165, 1.54) is 5.56 Å². The van der Waals surface area contributed by atoms with Crippen LogP contribution >= 0.6 is 0 Å². The van der Waals surface area contributed by atoms with Crippen molar-refractivity contribution in [2.75, 3.05) is 11.9 Å². The molecule has 0 aliphatic rings. The number of nitrogens with zero attached hydrogens (tertiary/aromatic N) is 2. The molecule has 0 fully saturated rings. The van der Waals surface area contributed by atoms with Gasteiger partial charge in [-0.3, -0.25) is 4.79 Å². The SMILES string of the molecule is Cc1ccc(OCCCC(=O)Nc2cccc(Oc3nc(C)cc(C)n3)c2)cc1. The third-order valence-corrected chi connectivity index (χ3v) is 4.13. The molecule has 0 aliphatic heterocycles. The topological polar surface area (TPSA) is 73.3 Å². The van der Waals surface area contributed by atoms with Gasteiger partial charge in [0.1, 0.15) is 11.5 Å². The Morgan fingerprint density at radius 2 is 1.66 bits per heavy atom. The summed E-state index contributed by atoms with van der Waals surface area (Å²) >= 11 is 0. The van der Waals surface area contributed by atoms with Crippen LogP contribution in [0.3, 0.4) is 0 Å². The van der Waals surface area contributed by atoms with E-state index >= 15 is 0 Å². The Balaban J connectivity index is 1.47. The van der Waals surface area contributed by atoms with Crippen LogP contribution in [-0.4, -0.2) is 22.5 Å². The summed E-state index contributed by atoms with van der Waals surface area (Å²) in [6, 6.07) is 17.2. The lowest BCUT2D eigenvalue weighted by atomic mass is 10.2. The normalized spacial score (nSPS) is 10.4. The summed E-state index contributed by atoms with van der Waals surface area (Å²) in [5, 5.41) is 2.88. The molecule has 0 saturated heterocycles. The molecule has 1 aromatic heterocycles. The predicted molar refractivity (Wildman–Crippen MR) is 113 cm³/mol. The number of rotatable bonds is 8. The maximum Gasteiger partial charge on any atom is 0.322 e. The molecule has 0 aliphatic carbocycles. The highest BCUT2D eigenvalue weighted by Gasteiger charge is 2.06. The summed E-state index contributed by atoms with van der Waals surface area (Å²) in [4.78, 5) is 20.7. The van der Waals surface area contributed by atoms with Crippen molar-refractivity contribution >= 4 is 11.6 Å². The molecule has 1 amide bonds. The van der Waals surface area contributed by atoms with Crippen molar-refractivity contribution in [3.05, 3.63) is 71.5 Å². The first-order valence-corrected chi connectivity index (χ1v) is 9.57. The second kappa shape index (κ2) is 9.68. The number of ether oxygens (including phenoxy) is 2. The number of amides is 1. The van der Waals surface area contributed by atoms with Gasteiger partial charge in [-0.15, -0.1) is 0 Å². The molecule has 0 spiro atoms. The number of hydrogen-bond donors (Lipinski definition) is 1. The quantitative estimate of drug-likeness (QED) is 0.548. The summed E-state index contributed by atoms with van der Waals surface area (Å²) in [5.74, 6) is 1.31. The van der Waals surface area contributed by atoms with E-state index in [1.807, 2.05) is 63.2 Å². The van der Waals surface area contributed by atoms with E-state index in [2.05, 4.69) is 15.3 Å². The number of carbonyl (C=O) groups is 1. The molecule has 29 heavy (non-hydrogen) atoms. The maximum absolute atomic E-state index is 12.2. The minimum absolute atomic E-state index is 0.0719. The highest BCUT2D eigenvalue weighted by Crippen LogP contribution is 2.22. The fourth-order valence-electron chi connectivity index (χ4n) is 2.76. The van der Waals surface area contributed by atoms with Crippen molar-refractivity contribution in [2.45, 2.75) is 33.6 Å². The fourth-order valence-corrected chi connectivity index (χ4v) is 2.76. The van der Waals surface area contributed by atoms with Crippen LogP contribution in [0, 0.1) is 20.8 Å². The molecular formula is C23H25N3O3. The first kappa shape index (κ1) is 20.3. The van der Waals surface area contributed by atoms with Crippen LogP contribution < -0.4 is 14.8 Å². The molecule has 3 aromatic rings. The molecule has 1 heterocycles. The highest BCUT2D eigenvalue weighted by atomic mass is 16.5. The Kier molecular flexibility index (Phi) is 6.79. The summed E-state index contributed by atoms with van der Waals surface area (Å²) in [6.45, 7) is 6.30. The number of carbonyl (C=O) groups excluding carboxylic acids is 1. The third-order valence-electron chi connectivity index (χ3n) is 4.13. The lowest BCUT2D eigenvalue weighted by molar-refractivity contribution is -0.116. The van der Waals surface area contributed by atoms with Gasteiger partial charge in [0.2, 0.25) is 5.91 Å². The largest absolute Gasteiger partial charge is 0.494 e. The molecule has 2 aromatic carbocycles. The van der Waals surface area contributed by atoms with E-state index < -0.39 is 0 Å². The Morgan fingerprint density at radius 1 is 0.931 bits per heavy atom. The van der Waals surface area contributed by atoms with Gasteiger partial charge in [0.25, 0.3) is 0 Å². The summed E-state index contributed by atoms with van der Waals surface area (Å²) < 4.78 is 11.4. The van der Waals surface area contributed by atoms with Crippen molar-refractivity contribution in [2.24, 2.45) is 0 Å². The fraction of sp³-hybridized carbons (Fsp3) is 0.261. The molecule has 0 saturated carbocycles. The van der Waals surface area contributed by atoms with Crippen LogP contribution in [-0.2, 0) is 4.79 Å². The van der Waals surface area contributed by atoms with E-state index in [1.54, 1.807) is 12.1 Å². The number of anilines is 1. The van der Waals surface area contributed by atoms with Crippen molar-refractivity contribution in [1.82, 2.24) is 9.97 Å². The molecule has 6 heteroatoms. The van der Waals surface area contributed by atoms with Gasteiger partial charge in [-0.1, -0.05) is 23.8 Å². The first-order chi connectivity index (χ1) is 14.0. The smallest absolute Gasteiger partial charge is 0.322 e. The molecule has 0 radical (unpaired) electrons. The van der Waals surface area contributed by atoms with Gasteiger partial charge in [-0.05, 0) is 57.5 Å². The Bertz CT molecular complexity index is 951. The van der Waals surface area contributed by atoms with Crippen LogP contribution in [0.25, 0.3) is 0 Å². The summed E-state index contributed by atoms with van der Waals surface area (Å²) in [5.41, 5.74) is 3.53. The van der Waals surface area contributed by atoms with Gasteiger partial charge in [0, 0.05) is 29.6 Å². The zero-order chi connectivity index (χ0) is 20.6. The lowest BCUT2D eigenvalue weighted by Crippen LogP contribution is -2.12. The van der Waals surface area contributed by atoms with E-state index in [0.717, 1.165) is 17.1 Å². The van der Waals surface area contributed by atoms with Crippen molar-refractivity contribution in [3.63, 3.8) is 0 Å². The zero-order valence-corrected chi connectivity index (χ0v) is 16.9. The average Bonchev–Trinajstić information content (AvgIpc) is 2.66. The molecule has 0 unspecified atom stereocenters. The standard InChI is InChI=1S/C23H25N3O3/c1-16-9-11-20(12-10-16)28-13-5-8-22(27)26-19-6-4-7-21(15-19)29-23-24-17(2)14-18(3)25-23/h4,6-7,9-12,14-15H,5,8,13H2,1-3H3,(H,26,27). The van der Waals surface area contributed by atoms with Crippen molar-refractivity contribution in [3.8, 4) is 17.5 Å². The van der Waals surface area contributed by atoms with Gasteiger partial charge in [-0.2, -0.15) is 0 Å². The van der Waals surface area contributed by atoms with E-state index in [4.69, 9.17) is 9.47 Å². The van der Waals surface area contributed by atoms with E-state index in [9.17, 15) is 4.79 Å². The molecule has 3 rings (SSSR count). The number of hydrogen-bond acceptors (Lipinski definition) is 5. The van der Waals surface area contributed by atoms with Crippen LogP contribution in [0.15, 0.2) is 54.6 Å². The number of aryl methyl sites for hydroxylation is 3. The van der Waals surface area contributed by atoms with Crippen molar-refractivity contribution in [1.29, 1.82) is 0 Å². The second-order valence-corrected chi connectivity index (χ2v) is 6.88. The van der Waals surface area contributed by atoms with Crippen LogP contribution in [0.5, 0.6) is 17.5 Å². The molecule has 150 valence electrons. The summed E-state index contributed by atoms with van der Waals surface area (Å²) in [7, 11) is 0. The maximum atomic E-state index is 12.2. The van der Waals surface area contributed by atoms with E-state index in [-0.39, 0.29) is 5.91 Å². The average molecular weight is 391 g/mol. The number of aromatic nitrogens is 2. The first-order valence-electron chi connectivity index (χ1n) is 9.57. The van der Waals surface area contributed by atoms with Gasteiger partial charge < -0.3 is 14.8 Å². The Labute approximate surface area is 170 Å². The third kappa shape index (κ3) is 6.60. The second-order valence-electron chi connectivity index (χ2n) is 6.88. The number of nitrogens with one attached hydrogen (secondary N) is 1. The van der Waals surface area contributed by atoms with Crippen LogP contribution in [0.4, 0.5) is 5.69 Å². The minimum Gasteiger partial charge on any atom is -0.494 e. The minimum atomic E-state index is -0.0719. The lowest BCUT2D eigenvalue weighted by Gasteiger charge is -2.09. The molecule has 0 bridgehead atoms. The monoisotopic (exact) mass is 391 g/mol. The van der Waals surface area contributed by atoms with Crippen molar-refractivity contribution < 1.29 is 14.3 Å².